The summed E-state index contributed by atoms with van der Waals surface area (Å²) in [6, 6.07) is 8.66. The second kappa shape index (κ2) is 7.94. The standard InChI is InChI=1S/C22H25F3O3S/c1-14-15(2)19(22(23,24)25)11-10-18(14)12-20(26)17-8-6-16(7-9-17)13-29(27,28)21(3,4)5/h6-11H,12-13H2,1-5H3. The number of rotatable bonds is 5. The highest BCUT2D eigenvalue weighted by atomic mass is 32.2. The van der Waals surface area contributed by atoms with Gasteiger partial charge in [0, 0.05) is 12.0 Å². The van der Waals surface area contributed by atoms with Crippen LogP contribution >= 0.6 is 0 Å². The Bertz CT molecular complexity index is 1010. The molecule has 0 N–H and O–H groups in total. The Hall–Kier alpha value is -2.15. The van der Waals surface area contributed by atoms with Gasteiger partial charge < -0.3 is 0 Å². The highest BCUT2D eigenvalue weighted by molar-refractivity contribution is 7.91. The molecule has 0 spiro atoms. The molecule has 0 saturated carbocycles. The molecule has 0 bridgehead atoms. The molecule has 0 saturated heterocycles. The fraction of sp³-hybridized carbons (Fsp3) is 0.409. The summed E-state index contributed by atoms with van der Waals surface area (Å²) in [5, 5.41) is 0. The van der Waals surface area contributed by atoms with Crippen LogP contribution in [-0.2, 0) is 28.2 Å². The van der Waals surface area contributed by atoms with Gasteiger partial charge in [-0.25, -0.2) is 8.42 Å². The van der Waals surface area contributed by atoms with Crippen LogP contribution in [0, 0.1) is 13.8 Å². The third-order valence-corrected chi connectivity index (χ3v) is 7.70. The quantitative estimate of drug-likeness (QED) is 0.597. The Morgan fingerprint density at radius 2 is 1.45 bits per heavy atom. The Morgan fingerprint density at radius 1 is 0.897 bits per heavy atom. The summed E-state index contributed by atoms with van der Waals surface area (Å²) in [4.78, 5) is 12.6. The first-order valence-corrected chi connectivity index (χ1v) is 10.8. The van der Waals surface area contributed by atoms with Crippen molar-refractivity contribution in [3.63, 3.8) is 0 Å². The molecule has 0 heterocycles. The average molecular weight is 427 g/mol. The van der Waals surface area contributed by atoms with Crippen molar-refractivity contribution < 1.29 is 26.4 Å². The molecule has 0 amide bonds. The minimum atomic E-state index is -4.43. The van der Waals surface area contributed by atoms with Gasteiger partial charge in [0.25, 0.3) is 0 Å². The number of Topliss-reactive ketones (excluding diaryl/α,β-unsaturated/α-hetero) is 1. The minimum Gasteiger partial charge on any atom is -0.294 e. The molecule has 0 aliphatic carbocycles. The monoisotopic (exact) mass is 426 g/mol. The van der Waals surface area contributed by atoms with Gasteiger partial charge >= 0.3 is 6.18 Å². The third kappa shape index (κ3) is 5.26. The second-order valence-electron chi connectivity index (χ2n) is 8.19. The highest BCUT2D eigenvalue weighted by Gasteiger charge is 2.33. The van der Waals surface area contributed by atoms with E-state index in [2.05, 4.69) is 0 Å². The summed E-state index contributed by atoms with van der Waals surface area (Å²) in [5.74, 6) is -0.361. The predicted octanol–water partition coefficient (Wildman–Crippen LogP) is 5.46. The van der Waals surface area contributed by atoms with E-state index in [9.17, 15) is 26.4 Å². The number of carbonyl (C=O) groups excluding carboxylic acids is 1. The molecule has 3 nitrogen and oxygen atoms in total. The molecule has 0 aliphatic heterocycles. The van der Waals surface area contributed by atoms with E-state index in [0.717, 1.165) is 6.07 Å². The molecule has 0 atom stereocenters. The van der Waals surface area contributed by atoms with Gasteiger partial charge in [-0.3, -0.25) is 4.79 Å². The van der Waals surface area contributed by atoms with Gasteiger partial charge in [0.1, 0.15) is 0 Å². The summed E-state index contributed by atoms with van der Waals surface area (Å²) in [6.07, 6.45) is -4.45. The Balaban J connectivity index is 2.20. The highest BCUT2D eigenvalue weighted by Crippen LogP contribution is 2.34. The maximum Gasteiger partial charge on any atom is 0.416 e. The lowest BCUT2D eigenvalue weighted by Gasteiger charge is -2.19. The van der Waals surface area contributed by atoms with Crippen LogP contribution in [0.4, 0.5) is 13.2 Å². The van der Waals surface area contributed by atoms with E-state index < -0.39 is 26.3 Å². The molecule has 158 valence electrons. The zero-order valence-electron chi connectivity index (χ0n) is 17.1. The van der Waals surface area contributed by atoms with Gasteiger partial charge in [0.2, 0.25) is 0 Å². The van der Waals surface area contributed by atoms with Crippen molar-refractivity contribution in [1.82, 2.24) is 0 Å². The Labute approximate surface area is 169 Å². The number of sulfone groups is 1. The van der Waals surface area contributed by atoms with Gasteiger partial charge in [-0.15, -0.1) is 0 Å². The summed E-state index contributed by atoms with van der Waals surface area (Å²) in [6.45, 7) is 7.88. The predicted molar refractivity (Wildman–Crippen MR) is 108 cm³/mol. The molecule has 0 aliphatic rings. The van der Waals surface area contributed by atoms with Crippen LogP contribution in [0.1, 0.15) is 58.9 Å². The smallest absolute Gasteiger partial charge is 0.294 e. The van der Waals surface area contributed by atoms with Crippen molar-refractivity contribution >= 4 is 15.6 Å². The molecular weight excluding hydrogens is 401 g/mol. The van der Waals surface area contributed by atoms with Crippen LogP contribution in [0.25, 0.3) is 0 Å². The molecule has 7 heteroatoms. The first kappa shape index (κ1) is 23.1. The number of alkyl halides is 3. The molecule has 2 rings (SSSR count). The lowest BCUT2D eigenvalue weighted by molar-refractivity contribution is -0.138. The van der Waals surface area contributed by atoms with E-state index in [1.807, 2.05) is 0 Å². The molecule has 2 aromatic carbocycles. The van der Waals surface area contributed by atoms with E-state index in [0.29, 0.717) is 22.3 Å². The number of ketones is 1. The number of hydrogen-bond donors (Lipinski definition) is 0. The number of hydrogen-bond acceptors (Lipinski definition) is 3. The molecule has 0 radical (unpaired) electrons. The van der Waals surface area contributed by atoms with Crippen molar-refractivity contribution in [2.45, 2.75) is 57.7 Å². The van der Waals surface area contributed by atoms with E-state index in [1.165, 1.54) is 13.0 Å². The number of halogens is 3. The Kier molecular flexibility index (Phi) is 6.33. The SMILES string of the molecule is Cc1c(CC(=O)c2ccc(CS(=O)(=O)C(C)(C)C)cc2)ccc(C(F)(F)F)c1C. The first-order valence-electron chi connectivity index (χ1n) is 9.14. The first-order chi connectivity index (χ1) is 13.1. The fourth-order valence-corrected chi connectivity index (χ4v) is 3.94. The van der Waals surface area contributed by atoms with Crippen molar-refractivity contribution in [2.75, 3.05) is 0 Å². The summed E-state index contributed by atoms with van der Waals surface area (Å²) < 4.78 is 62.7. The van der Waals surface area contributed by atoms with Gasteiger partial charge in [0.05, 0.1) is 16.1 Å². The lowest BCUT2D eigenvalue weighted by Crippen LogP contribution is -2.29. The molecule has 0 unspecified atom stereocenters. The van der Waals surface area contributed by atoms with Crippen LogP contribution < -0.4 is 0 Å². The van der Waals surface area contributed by atoms with E-state index >= 15 is 0 Å². The zero-order valence-corrected chi connectivity index (χ0v) is 18.0. The van der Waals surface area contributed by atoms with Crippen molar-refractivity contribution in [3.8, 4) is 0 Å². The third-order valence-electron chi connectivity index (χ3n) is 5.12. The van der Waals surface area contributed by atoms with Crippen molar-refractivity contribution in [3.05, 3.63) is 69.8 Å². The van der Waals surface area contributed by atoms with E-state index in [1.54, 1.807) is 52.0 Å². The van der Waals surface area contributed by atoms with Crippen LogP contribution in [-0.4, -0.2) is 18.9 Å². The van der Waals surface area contributed by atoms with Gasteiger partial charge in [-0.2, -0.15) is 13.2 Å². The van der Waals surface area contributed by atoms with Crippen LogP contribution in [0.5, 0.6) is 0 Å². The fourth-order valence-electron chi connectivity index (χ4n) is 2.87. The summed E-state index contributed by atoms with van der Waals surface area (Å²) in [5.41, 5.74) is 1.37. The van der Waals surface area contributed by atoms with Gasteiger partial charge in [-0.05, 0) is 62.9 Å². The van der Waals surface area contributed by atoms with Gasteiger partial charge in [0.15, 0.2) is 15.6 Å². The largest absolute Gasteiger partial charge is 0.416 e. The van der Waals surface area contributed by atoms with Gasteiger partial charge in [-0.1, -0.05) is 30.3 Å². The normalized spacial score (nSPS) is 12.8. The van der Waals surface area contributed by atoms with Crippen LogP contribution in [0.15, 0.2) is 36.4 Å². The molecule has 0 aromatic heterocycles. The van der Waals surface area contributed by atoms with E-state index in [4.69, 9.17) is 0 Å². The molecular formula is C22H25F3O3S. The lowest BCUT2D eigenvalue weighted by atomic mass is 9.93. The minimum absolute atomic E-state index is 0.0234. The average Bonchev–Trinajstić information content (AvgIpc) is 2.57. The molecule has 2 aromatic rings. The summed E-state index contributed by atoms with van der Waals surface area (Å²) in [7, 11) is -3.34. The van der Waals surface area contributed by atoms with Crippen LogP contribution in [0.2, 0.25) is 0 Å². The van der Waals surface area contributed by atoms with Crippen molar-refractivity contribution in [1.29, 1.82) is 0 Å². The molecule has 29 heavy (non-hydrogen) atoms. The Morgan fingerprint density at radius 3 is 1.93 bits per heavy atom. The topological polar surface area (TPSA) is 51.2 Å². The van der Waals surface area contributed by atoms with E-state index in [-0.39, 0.29) is 23.5 Å². The number of benzene rings is 2. The maximum atomic E-state index is 13.0. The zero-order chi connectivity index (χ0) is 22.2. The second-order valence-corrected chi connectivity index (χ2v) is 10.9. The molecule has 0 fully saturated rings. The maximum absolute atomic E-state index is 13.0. The number of carbonyl (C=O) groups is 1. The van der Waals surface area contributed by atoms with Crippen molar-refractivity contribution in [2.24, 2.45) is 0 Å². The van der Waals surface area contributed by atoms with Crippen LogP contribution in [0.3, 0.4) is 0 Å². The summed E-state index contributed by atoms with van der Waals surface area (Å²) >= 11 is 0.